The number of carbonyl (C=O) groups excluding carboxylic acids is 4. The van der Waals surface area contributed by atoms with Gasteiger partial charge in [0.25, 0.3) is 0 Å². The van der Waals surface area contributed by atoms with E-state index in [0.717, 1.165) is 24.3 Å². The number of imidazole rings is 1. The van der Waals surface area contributed by atoms with Gasteiger partial charge in [-0.15, -0.1) is 0 Å². The number of carbonyl (C=O) groups is 4. The van der Waals surface area contributed by atoms with Gasteiger partial charge in [-0.1, -0.05) is 0 Å². The average molecular weight is 366 g/mol. The van der Waals surface area contributed by atoms with E-state index < -0.39 is 30.0 Å². The summed E-state index contributed by atoms with van der Waals surface area (Å²) in [6.07, 6.45) is 7.38. The zero-order valence-corrected chi connectivity index (χ0v) is 14.2. The average Bonchev–Trinajstić information content (AvgIpc) is 3.14. The molecule has 1 aromatic heterocycles. The number of hydrogen-bond donors (Lipinski definition) is 0. The van der Waals surface area contributed by atoms with Crippen molar-refractivity contribution < 1.29 is 38.1 Å². The van der Waals surface area contributed by atoms with E-state index in [2.05, 4.69) is 14.5 Å². The highest BCUT2D eigenvalue weighted by molar-refractivity contribution is 5.92. The molecule has 0 amide bonds. The van der Waals surface area contributed by atoms with E-state index in [1.807, 2.05) is 0 Å². The van der Waals surface area contributed by atoms with Crippen LogP contribution in [-0.2, 0) is 44.7 Å². The molecule has 0 aromatic carbocycles. The van der Waals surface area contributed by atoms with Crippen LogP contribution in [0.4, 0.5) is 0 Å². The normalized spacial score (nSPS) is 11.9. The molecule has 0 aliphatic rings. The lowest BCUT2D eigenvalue weighted by molar-refractivity contribution is -0.153. The van der Waals surface area contributed by atoms with Gasteiger partial charge < -0.3 is 23.5 Å². The van der Waals surface area contributed by atoms with Crippen LogP contribution in [0.15, 0.2) is 43.0 Å². The number of rotatable bonds is 9. The van der Waals surface area contributed by atoms with Crippen molar-refractivity contribution in [2.75, 3.05) is 20.8 Å². The molecule has 0 radical (unpaired) electrons. The number of methoxy groups -OCH3 is 2. The smallest absolute Gasteiger partial charge is 0.331 e. The van der Waals surface area contributed by atoms with E-state index in [4.69, 9.17) is 9.47 Å². The van der Waals surface area contributed by atoms with Crippen molar-refractivity contribution in [3.63, 3.8) is 0 Å². The third-order valence-electron chi connectivity index (χ3n) is 2.78. The number of aromatic nitrogens is 2. The molecule has 0 N–H and O–H groups in total. The van der Waals surface area contributed by atoms with Crippen LogP contribution < -0.4 is 0 Å². The Morgan fingerprint density at radius 2 is 1.54 bits per heavy atom. The molecule has 1 heterocycles. The molecule has 1 unspecified atom stereocenters. The predicted molar refractivity (Wildman–Crippen MR) is 85.4 cm³/mol. The van der Waals surface area contributed by atoms with Crippen molar-refractivity contribution in [3.8, 4) is 0 Å². The summed E-state index contributed by atoms with van der Waals surface area (Å²) in [4.78, 5) is 49.1. The second-order valence-electron chi connectivity index (χ2n) is 4.66. The summed E-state index contributed by atoms with van der Waals surface area (Å²) < 4.78 is 20.4. The molecule has 10 heteroatoms. The molecule has 0 bridgehead atoms. The maximum atomic E-state index is 11.7. The molecule has 0 aliphatic heterocycles. The Morgan fingerprint density at radius 3 is 2.08 bits per heavy atom. The molecule has 26 heavy (non-hydrogen) atoms. The fourth-order valence-electron chi connectivity index (χ4n) is 1.59. The van der Waals surface area contributed by atoms with Gasteiger partial charge >= 0.3 is 23.9 Å². The van der Waals surface area contributed by atoms with Crippen LogP contribution in [0.25, 0.3) is 0 Å². The molecule has 0 aliphatic carbocycles. The molecule has 0 spiro atoms. The van der Waals surface area contributed by atoms with Crippen LogP contribution in [0.1, 0.15) is 0 Å². The molecule has 10 nitrogen and oxygen atoms in total. The van der Waals surface area contributed by atoms with Crippen molar-refractivity contribution in [2.45, 2.75) is 12.6 Å². The fourth-order valence-corrected chi connectivity index (χ4v) is 1.59. The van der Waals surface area contributed by atoms with Crippen molar-refractivity contribution in [1.29, 1.82) is 0 Å². The number of esters is 4. The van der Waals surface area contributed by atoms with Crippen LogP contribution in [-0.4, -0.2) is 60.4 Å². The van der Waals surface area contributed by atoms with Gasteiger partial charge in [-0.25, -0.2) is 24.2 Å². The Kier molecular flexibility index (Phi) is 8.87. The molecule has 0 saturated heterocycles. The third-order valence-corrected chi connectivity index (χ3v) is 2.78. The van der Waals surface area contributed by atoms with Crippen LogP contribution in [0, 0.1) is 0 Å². The fraction of sp³-hybridized carbons (Fsp3) is 0.312. The maximum absolute atomic E-state index is 11.7. The first-order valence-electron chi connectivity index (χ1n) is 7.29. The first-order chi connectivity index (χ1) is 12.4. The summed E-state index contributed by atoms with van der Waals surface area (Å²) in [6.45, 7) is -0.119. The van der Waals surface area contributed by atoms with Crippen LogP contribution in [0.5, 0.6) is 0 Å². The van der Waals surface area contributed by atoms with Crippen molar-refractivity contribution in [3.05, 3.63) is 43.0 Å². The number of hydrogen-bond acceptors (Lipinski definition) is 9. The van der Waals surface area contributed by atoms with Gasteiger partial charge in [0.1, 0.15) is 6.61 Å². The maximum Gasteiger partial charge on any atom is 0.331 e. The Hall–Kier alpha value is -3.43. The summed E-state index contributed by atoms with van der Waals surface area (Å²) in [5.74, 6) is -3.06. The van der Waals surface area contributed by atoms with Crippen molar-refractivity contribution >= 4 is 23.9 Å². The van der Waals surface area contributed by atoms with Gasteiger partial charge in [-0.2, -0.15) is 0 Å². The lowest BCUT2D eigenvalue weighted by Crippen LogP contribution is -2.28. The molecule has 1 rings (SSSR count). The van der Waals surface area contributed by atoms with E-state index in [1.54, 1.807) is 10.8 Å². The standard InChI is InChI=1S/C16H18N2O8/c1-23-13(19)3-5-15(21)25-10-12(9-18-8-7-17-11-18)26-16(22)6-4-14(20)24-2/h3-8,11-12H,9-10H2,1-2H3/b5-3+,6-4+. The van der Waals surface area contributed by atoms with E-state index in [1.165, 1.54) is 26.7 Å². The zero-order chi connectivity index (χ0) is 19.4. The molecular formula is C16H18N2O8. The monoisotopic (exact) mass is 366 g/mol. The highest BCUT2D eigenvalue weighted by Crippen LogP contribution is 2.02. The zero-order valence-electron chi connectivity index (χ0n) is 14.2. The van der Waals surface area contributed by atoms with Gasteiger partial charge in [0, 0.05) is 36.7 Å². The van der Waals surface area contributed by atoms with E-state index in [9.17, 15) is 19.2 Å². The minimum Gasteiger partial charge on any atom is -0.466 e. The first-order valence-corrected chi connectivity index (χ1v) is 7.29. The van der Waals surface area contributed by atoms with Crippen molar-refractivity contribution in [1.82, 2.24) is 9.55 Å². The minimum absolute atomic E-state index is 0.159. The van der Waals surface area contributed by atoms with E-state index in [0.29, 0.717) is 0 Å². The van der Waals surface area contributed by atoms with Gasteiger partial charge in [0.05, 0.1) is 27.1 Å². The molecule has 1 atom stereocenters. The first kappa shape index (κ1) is 20.6. The molecule has 0 fully saturated rings. The summed E-state index contributed by atoms with van der Waals surface area (Å²) >= 11 is 0. The summed E-state index contributed by atoms with van der Waals surface area (Å²) in [5, 5.41) is 0. The lowest BCUT2D eigenvalue weighted by Gasteiger charge is -2.17. The molecule has 1 aromatic rings. The SMILES string of the molecule is COC(=O)/C=C/C(=O)OCC(Cn1ccnc1)OC(=O)/C=C/C(=O)OC. The topological polar surface area (TPSA) is 123 Å². The number of ether oxygens (including phenoxy) is 4. The van der Waals surface area contributed by atoms with Crippen molar-refractivity contribution in [2.24, 2.45) is 0 Å². The highest BCUT2D eigenvalue weighted by Gasteiger charge is 2.16. The van der Waals surface area contributed by atoms with Gasteiger partial charge in [0.15, 0.2) is 6.10 Å². The highest BCUT2D eigenvalue weighted by atomic mass is 16.6. The van der Waals surface area contributed by atoms with E-state index >= 15 is 0 Å². The second-order valence-corrected chi connectivity index (χ2v) is 4.66. The van der Waals surface area contributed by atoms with Gasteiger partial charge in [-0.05, 0) is 0 Å². The third kappa shape index (κ3) is 8.43. The Labute approximate surface area is 149 Å². The molecular weight excluding hydrogens is 348 g/mol. The summed E-state index contributed by atoms with van der Waals surface area (Å²) in [6, 6.07) is 0. The molecule has 0 saturated carbocycles. The largest absolute Gasteiger partial charge is 0.466 e. The van der Waals surface area contributed by atoms with Gasteiger partial charge in [0.2, 0.25) is 0 Å². The quantitative estimate of drug-likeness (QED) is 0.332. The number of nitrogens with zero attached hydrogens (tertiary/aromatic N) is 2. The Morgan fingerprint density at radius 1 is 0.962 bits per heavy atom. The van der Waals surface area contributed by atoms with Crippen LogP contribution >= 0.6 is 0 Å². The lowest BCUT2D eigenvalue weighted by atomic mass is 10.3. The van der Waals surface area contributed by atoms with Crippen LogP contribution in [0.2, 0.25) is 0 Å². The Bertz CT molecular complexity index is 678. The summed E-state index contributed by atoms with van der Waals surface area (Å²) in [7, 11) is 2.33. The predicted octanol–water partition coefficient (Wildman–Crippen LogP) is -0.203. The minimum atomic E-state index is -0.852. The van der Waals surface area contributed by atoms with Crippen LogP contribution in [0.3, 0.4) is 0 Å². The Balaban J connectivity index is 2.64. The molecule has 140 valence electrons. The van der Waals surface area contributed by atoms with E-state index in [-0.39, 0.29) is 13.2 Å². The summed E-state index contributed by atoms with van der Waals surface area (Å²) in [5.41, 5.74) is 0. The van der Waals surface area contributed by atoms with Gasteiger partial charge in [-0.3, -0.25) is 0 Å². The second kappa shape index (κ2) is 11.2.